The van der Waals surface area contributed by atoms with Crippen LogP contribution in [0.1, 0.15) is 30.4 Å². The Balaban J connectivity index is 1.41. The van der Waals surface area contributed by atoms with Gasteiger partial charge >= 0.3 is 0 Å². The Morgan fingerprint density at radius 2 is 1.79 bits per heavy atom. The molecule has 2 aliphatic rings. The number of carbonyl (C=O) groups is 1. The highest BCUT2D eigenvalue weighted by Crippen LogP contribution is 2.32. The molecule has 0 saturated carbocycles. The van der Waals surface area contributed by atoms with Crippen LogP contribution in [-0.2, 0) is 22.6 Å². The molecule has 1 spiro atoms. The molecule has 0 aliphatic carbocycles. The maximum atomic E-state index is 14.0. The number of nitrogens with zero attached hydrogens (tertiary/aromatic N) is 2. The molecule has 2 aromatic rings. The lowest BCUT2D eigenvalue weighted by Crippen LogP contribution is -2.54. The van der Waals surface area contributed by atoms with Crippen LogP contribution in [0.2, 0.25) is 0 Å². The number of carbonyl (C=O) groups excluding carboxylic acids is 1. The molecular formula is C23H26F2N2O2. The Kier molecular flexibility index (Phi) is 5.92. The van der Waals surface area contributed by atoms with Gasteiger partial charge in [-0.15, -0.1) is 0 Å². The highest BCUT2D eigenvalue weighted by Gasteiger charge is 2.40. The quantitative estimate of drug-likeness (QED) is 0.784. The van der Waals surface area contributed by atoms with Gasteiger partial charge in [-0.1, -0.05) is 42.5 Å². The Morgan fingerprint density at radius 1 is 0.966 bits per heavy atom. The molecule has 0 bridgehead atoms. The van der Waals surface area contributed by atoms with Crippen molar-refractivity contribution >= 4 is 5.91 Å². The normalized spacial score (nSPS) is 23.4. The molecule has 1 amide bonds. The first kappa shape index (κ1) is 20.0. The smallest absolute Gasteiger partial charge is 0.248 e. The van der Waals surface area contributed by atoms with E-state index in [9.17, 15) is 13.6 Å². The van der Waals surface area contributed by atoms with Crippen molar-refractivity contribution in [3.05, 3.63) is 71.3 Å². The van der Waals surface area contributed by atoms with E-state index in [1.807, 2.05) is 35.2 Å². The van der Waals surface area contributed by atoms with Crippen molar-refractivity contribution in [2.24, 2.45) is 0 Å². The van der Waals surface area contributed by atoms with Crippen molar-refractivity contribution in [3.8, 4) is 0 Å². The Morgan fingerprint density at radius 3 is 2.62 bits per heavy atom. The first-order valence-electron chi connectivity index (χ1n) is 10.2. The van der Waals surface area contributed by atoms with E-state index in [-0.39, 0.29) is 18.1 Å². The fourth-order valence-electron chi connectivity index (χ4n) is 4.33. The second kappa shape index (κ2) is 8.59. The third kappa shape index (κ3) is 4.65. The Hall–Kier alpha value is -2.31. The minimum absolute atomic E-state index is 0.0161. The summed E-state index contributed by atoms with van der Waals surface area (Å²) in [5.41, 5.74) is 1.12. The number of likely N-dealkylation sites (tertiary alicyclic amines) is 1. The number of rotatable bonds is 4. The third-order valence-electron chi connectivity index (χ3n) is 5.97. The van der Waals surface area contributed by atoms with Crippen LogP contribution in [0.4, 0.5) is 8.78 Å². The lowest BCUT2D eigenvalue weighted by molar-refractivity contribution is -0.166. The van der Waals surface area contributed by atoms with E-state index in [4.69, 9.17) is 4.74 Å². The van der Waals surface area contributed by atoms with Crippen molar-refractivity contribution in [2.45, 2.75) is 38.0 Å². The molecule has 2 aliphatic heterocycles. The van der Waals surface area contributed by atoms with Gasteiger partial charge < -0.3 is 9.64 Å². The maximum Gasteiger partial charge on any atom is 0.248 e. The average Bonchev–Trinajstić information content (AvgIpc) is 2.92. The third-order valence-corrected chi connectivity index (χ3v) is 5.97. The van der Waals surface area contributed by atoms with Gasteiger partial charge in [0, 0.05) is 25.2 Å². The lowest BCUT2D eigenvalue weighted by atomic mass is 9.92. The van der Waals surface area contributed by atoms with Crippen LogP contribution in [0, 0.1) is 11.6 Å². The van der Waals surface area contributed by atoms with E-state index < -0.39 is 11.6 Å². The first-order valence-corrected chi connectivity index (χ1v) is 10.2. The van der Waals surface area contributed by atoms with E-state index in [1.54, 1.807) is 12.1 Å². The van der Waals surface area contributed by atoms with Gasteiger partial charge in [0.15, 0.2) is 11.6 Å². The van der Waals surface area contributed by atoms with E-state index in [0.717, 1.165) is 44.0 Å². The van der Waals surface area contributed by atoms with Crippen LogP contribution in [0.5, 0.6) is 0 Å². The molecule has 4 rings (SSSR count). The van der Waals surface area contributed by atoms with Gasteiger partial charge in [0.1, 0.15) is 6.61 Å². The van der Waals surface area contributed by atoms with Crippen molar-refractivity contribution in [3.63, 3.8) is 0 Å². The molecule has 154 valence electrons. The van der Waals surface area contributed by atoms with Crippen LogP contribution in [0.25, 0.3) is 0 Å². The number of ether oxygens (including phenoxy) is 1. The van der Waals surface area contributed by atoms with Gasteiger partial charge in [0.05, 0.1) is 12.1 Å². The van der Waals surface area contributed by atoms with Gasteiger partial charge in [0.2, 0.25) is 5.91 Å². The topological polar surface area (TPSA) is 32.8 Å². The number of morpholine rings is 1. The van der Waals surface area contributed by atoms with Crippen LogP contribution in [0.3, 0.4) is 0 Å². The van der Waals surface area contributed by atoms with E-state index in [1.165, 1.54) is 0 Å². The SMILES string of the molecule is O=C1CO[C@@]2(CCCN(Cc3cccc(F)c3F)CC2)CN1Cc1ccccc1. The van der Waals surface area contributed by atoms with Gasteiger partial charge in [-0.3, -0.25) is 9.69 Å². The molecule has 0 N–H and O–H groups in total. The summed E-state index contributed by atoms with van der Waals surface area (Å²) < 4.78 is 33.6. The molecular weight excluding hydrogens is 374 g/mol. The van der Waals surface area contributed by atoms with Crippen molar-refractivity contribution < 1.29 is 18.3 Å². The molecule has 2 heterocycles. The summed E-state index contributed by atoms with van der Waals surface area (Å²) in [6, 6.07) is 14.3. The molecule has 0 aromatic heterocycles. The number of hydrogen-bond acceptors (Lipinski definition) is 3. The summed E-state index contributed by atoms with van der Waals surface area (Å²) in [6.07, 6.45) is 2.51. The summed E-state index contributed by atoms with van der Waals surface area (Å²) in [6.45, 7) is 3.17. The van der Waals surface area contributed by atoms with Gasteiger partial charge in [-0.25, -0.2) is 8.78 Å². The molecule has 6 heteroatoms. The first-order chi connectivity index (χ1) is 14.0. The molecule has 29 heavy (non-hydrogen) atoms. The summed E-state index contributed by atoms with van der Waals surface area (Å²) in [4.78, 5) is 16.4. The minimum Gasteiger partial charge on any atom is -0.363 e. The lowest BCUT2D eigenvalue weighted by Gasteiger charge is -2.42. The van der Waals surface area contributed by atoms with Gasteiger partial charge in [-0.2, -0.15) is 0 Å². The monoisotopic (exact) mass is 400 g/mol. The number of amides is 1. The number of halogens is 2. The highest BCUT2D eigenvalue weighted by atomic mass is 19.2. The van der Waals surface area contributed by atoms with Crippen LogP contribution < -0.4 is 0 Å². The fourth-order valence-corrected chi connectivity index (χ4v) is 4.33. The zero-order valence-electron chi connectivity index (χ0n) is 16.4. The molecule has 4 nitrogen and oxygen atoms in total. The molecule has 2 saturated heterocycles. The summed E-state index contributed by atoms with van der Waals surface area (Å²) >= 11 is 0. The van der Waals surface area contributed by atoms with Crippen LogP contribution in [0.15, 0.2) is 48.5 Å². The number of benzene rings is 2. The molecule has 2 fully saturated rings. The zero-order chi connectivity index (χ0) is 20.3. The van der Waals surface area contributed by atoms with Gasteiger partial charge in [-0.05, 0) is 37.4 Å². The van der Waals surface area contributed by atoms with Crippen LogP contribution >= 0.6 is 0 Å². The Labute approximate surface area is 170 Å². The number of hydrogen-bond donors (Lipinski definition) is 0. The molecule has 1 atom stereocenters. The van der Waals surface area contributed by atoms with E-state index in [0.29, 0.717) is 25.2 Å². The standard InChI is InChI=1S/C23H26F2N2O2/c24-20-9-4-8-19(22(20)25)15-26-12-5-10-23(11-13-26)17-27(21(28)16-29-23)14-18-6-2-1-3-7-18/h1-4,6-9H,5,10-17H2/t23-/m1/s1. The van der Waals surface area contributed by atoms with Crippen LogP contribution in [-0.4, -0.2) is 47.5 Å². The van der Waals surface area contributed by atoms with Crippen molar-refractivity contribution in [1.82, 2.24) is 9.80 Å². The molecule has 0 radical (unpaired) electrons. The predicted octanol–water partition coefficient (Wildman–Crippen LogP) is 3.75. The highest BCUT2D eigenvalue weighted by molar-refractivity contribution is 5.78. The summed E-state index contributed by atoms with van der Waals surface area (Å²) in [7, 11) is 0. The molecule has 2 aromatic carbocycles. The van der Waals surface area contributed by atoms with Gasteiger partial charge in [0.25, 0.3) is 0 Å². The zero-order valence-corrected chi connectivity index (χ0v) is 16.4. The second-order valence-corrected chi connectivity index (χ2v) is 8.05. The second-order valence-electron chi connectivity index (χ2n) is 8.05. The van der Waals surface area contributed by atoms with E-state index >= 15 is 0 Å². The summed E-state index contributed by atoms with van der Waals surface area (Å²) in [5, 5.41) is 0. The Bertz CT molecular complexity index is 861. The largest absolute Gasteiger partial charge is 0.363 e. The maximum absolute atomic E-state index is 14.0. The summed E-state index contributed by atoms with van der Waals surface area (Å²) in [5.74, 6) is -1.55. The predicted molar refractivity (Wildman–Crippen MR) is 106 cm³/mol. The average molecular weight is 400 g/mol. The van der Waals surface area contributed by atoms with E-state index in [2.05, 4.69) is 4.90 Å². The van der Waals surface area contributed by atoms with Crippen molar-refractivity contribution in [2.75, 3.05) is 26.2 Å². The minimum atomic E-state index is -0.806. The van der Waals surface area contributed by atoms with Crippen molar-refractivity contribution in [1.29, 1.82) is 0 Å². The fraction of sp³-hybridized carbons (Fsp3) is 0.435. The molecule has 0 unspecified atom stereocenters.